The summed E-state index contributed by atoms with van der Waals surface area (Å²) in [5, 5.41) is 5.51. The van der Waals surface area contributed by atoms with Gasteiger partial charge in [-0.3, -0.25) is 13.9 Å². The van der Waals surface area contributed by atoms with Crippen molar-refractivity contribution in [1.29, 1.82) is 0 Å². The smallest absolute Gasteiger partial charge is 0.253 e. The second-order valence-corrected chi connectivity index (χ2v) is 10.3. The van der Waals surface area contributed by atoms with E-state index in [0.29, 0.717) is 29.3 Å². The minimum absolute atomic E-state index is 0.291. The topological polar surface area (TPSA) is 105 Å². The molecule has 174 valence electrons. The molecule has 0 aromatic heterocycles. The van der Waals surface area contributed by atoms with Crippen LogP contribution in [0.3, 0.4) is 0 Å². The third kappa shape index (κ3) is 7.56. The first-order valence-corrected chi connectivity index (χ1v) is 12.2. The quantitative estimate of drug-likeness (QED) is 0.595. The van der Waals surface area contributed by atoms with Crippen LogP contribution < -0.4 is 19.7 Å². The maximum atomic E-state index is 12.7. The Morgan fingerprint density at radius 3 is 2.22 bits per heavy atom. The maximum Gasteiger partial charge on any atom is 0.253 e. The number of nitrogens with one attached hydrogen (secondary N) is 2. The molecule has 8 nitrogen and oxygen atoms in total. The molecule has 0 spiro atoms. The van der Waals surface area contributed by atoms with Crippen molar-refractivity contribution in [3.63, 3.8) is 0 Å². The molecule has 9 heteroatoms. The highest BCUT2D eigenvalue weighted by Gasteiger charge is 2.23. The normalized spacial score (nSPS) is 11.5. The van der Waals surface area contributed by atoms with E-state index in [-0.39, 0.29) is 5.91 Å². The zero-order chi connectivity index (χ0) is 23.9. The molecule has 0 bridgehead atoms. The highest BCUT2D eigenvalue weighted by molar-refractivity contribution is 7.92. The highest BCUT2D eigenvalue weighted by Crippen LogP contribution is 2.22. The van der Waals surface area contributed by atoms with Crippen LogP contribution in [0.1, 0.15) is 44.5 Å². The van der Waals surface area contributed by atoms with Crippen LogP contribution in [0.25, 0.3) is 0 Å². The van der Waals surface area contributed by atoms with Gasteiger partial charge in [0.1, 0.15) is 12.3 Å². The monoisotopic (exact) mass is 461 g/mol. The molecule has 2 N–H and O–H groups in total. The number of hydrogen-bond donors (Lipinski definition) is 2. The lowest BCUT2D eigenvalue weighted by Gasteiger charge is -2.23. The predicted octanol–water partition coefficient (Wildman–Crippen LogP) is 3.41. The van der Waals surface area contributed by atoms with E-state index in [9.17, 15) is 18.0 Å². The number of ether oxygens (including phenoxy) is 1. The molecular formula is C23H31N3O5S. The minimum Gasteiger partial charge on any atom is -0.494 e. The molecule has 32 heavy (non-hydrogen) atoms. The van der Waals surface area contributed by atoms with Gasteiger partial charge in [0, 0.05) is 5.54 Å². The molecule has 0 aliphatic rings. The lowest BCUT2D eigenvalue weighted by Crippen LogP contribution is -2.41. The molecule has 2 aromatic carbocycles. The minimum atomic E-state index is -3.73. The Kier molecular flexibility index (Phi) is 8.26. The van der Waals surface area contributed by atoms with Crippen molar-refractivity contribution >= 4 is 33.2 Å². The molecule has 0 radical (unpaired) electrons. The number of rotatable bonds is 9. The van der Waals surface area contributed by atoms with E-state index in [0.717, 1.165) is 17.0 Å². The molecule has 0 atom stereocenters. The van der Waals surface area contributed by atoms with Crippen molar-refractivity contribution in [3.8, 4) is 5.75 Å². The SMILES string of the molecule is CCCOc1ccc(N(CC(=O)Nc2ccccc2C(=O)NC(C)(C)C)S(C)(=O)=O)cc1. The largest absolute Gasteiger partial charge is 0.494 e. The number of benzene rings is 2. The molecule has 0 unspecified atom stereocenters. The first-order valence-electron chi connectivity index (χ1n) is 10.3. The van der Waals surface area contributed by atoms with Crippen LogP contribution in [0, 0.1) is 0 Å². The van der Waals surface area contributed by atoms with Crippen molar-refractivity contribution in [2.24, 2.45) is 0 Å². The first kappa shape index (κ1) is 25.2. The van der Waals surface area contributed by atoms with Crippen LogP contribution in [0.2, 0.25) is 0 Å². The fourth-order valence-electron chi connectivity index (χ4n) is 2.85. The summed E-state index contributed by atoms with van der Waals surface area (Å²) in [4.78, 5) is 25.3. The maximum absolute atomic E-state index is 12.7. The van der Waals surface area contributed by atoms with Crippen LogP contribution in [0.4, 0.5) is 11.4 Å². The van der Waals surface area contributed by atoms with Crippen LogP contribution in [-0.2, 0) is 14.8 Å². The number of carbonyl (C=O) groups excluding carboxylic acids is 2. The van der Waals surface area contributed by atoms with Gasteiger partial charge >= 0.3 is 0 Å². The van der Waals surface area contributed by atoms with Crippen molar-refractivity contribution in [2.75, 3.05) is 29.0 Å². The molecule has 2 amide bonds. The average molecular weight is 462 g/mol. The van der Waals surface area contributed by atoms with E-state index < -0.39 is 28.0 Å². The Morgan fingerprint density at radius 1 is 1.03 bits per heavy atom. The van der Waals surface area contributed by atoms with E-state index in [1.165, 1.54) is 0 Å². The van der Waals surface area contributed by atoms with E-state index >= 15 is 0 Å². The Hall–Kier alpha value is -3.07. The van der Waals surface area contributed by atoms with Gasteiger partial charge in [-0.1, -0.05) is 19.1 Å². The van der Waals surface area contributed by atoms with Crippen LogP contribution in [0.15, 0.2) is 48.5 Å². The van der Waals surface area contributed by atoms with Crippen LogP contribution in [0.5, 0.6) is 5.75 Å². The van der Waals surface area contributed by atoms with Crippen molar-refractivity contribution in [2.45, 2.75) is 39.7 Å². The lowest BCUT2D eigenvalue weighted by molar-refractivity contribution is -0.114. The Balaban J connectivity index is 2.20. The fourth-order valence-corrected chi connectivity index (χ4v) is 3.70. The predicted molar refractivity (Wildman–Crippen MR) is 127 cm³/mol. The summed E-state index contributed by atoms with van der Waals surface area (Å²) < 4.78 is 31.2. The molecule has 0 aliphatic carbocycles. The molecule has 0 saturated heterocycles. The summed E-state index contributed by atoms with van der Waals surface area (Å²) in [6.07, 6.45) is 1.89. The van der Waals surface area contributed by atoms with E-state index in [1.54, 1.807) is 48.5 Å². The second-order valence-electron chi connectivity index (χ2n) is 8.41. The summed E-state index contributed by atoms with van der Waals surface area (Å²) in [6.45, 7) is 7.67. The number of carbonyl (C=O) groups is 2. The van der Waals surface area contributed by atoms with Gasteiger partial charge in [0.05, 0.1) is 29.8 Å². The summed E-state index contributed by atoms with van der Waals surface area (Å²) in [6, 6.07) is 13.1. The molecule has 0 fully saturated rings. The van der Waals surface area contributed by atoms with E-state index in [1.807, 2.05) is 27.7 Å². The van der Waals surface area contributed by atoms with Crippen LogP contribution >= 0.6 is 0 Å². The number of para-hydroxylation sites is 1. The van der Waals surface area contributed by atoms with Gasteiger partial charge in [0.15, 0.2) is 0 Å². The van der Waals surface area contributed by atoms with Gasteiger partial charge in [0.25, 0.3) is 5.91 Å². The van der Waals surface area contributed by atoms with Crippen molar-refractivity contribution in [3.05, 3.63) is 54.1 Å². The third-order valence-corrected chi connectivity index (χ3v) is 5.36. The van der Waals surface area contributed by atoms with Crippen molar-refractivity contribution < 1.29 is 22.7 Å². The van der Waals surface area contributed by atoms with E-state index in [4.69, 9.17) is 4.74 Å². The van der Waals surface area contributed by atoms with Crippen molar-refractivity contribution in [1.82, 2.24) is 5.32 Å². The zero-order valence-electron chi connectivity index (χ0n) is 19.1. The highest BCUT2D eigenvalue weighted by atomic mass is 32.2. The number of sulfonamides is 1. The number of amides is 2. The molecular weight excluding hydrogens is 430 g/mol. The average Bonchev–Trinajstić information content (AvgIpc) is 2.69. The number of anilines is 2. The molecule has 2 aromatic rings. The number of hydrogen-bond acceptors (Lipinski definition) is 5. The lowest BCUT2D eigenvalue weighted by atomic mass is 10.1. The summed E-state index contributed by atoms with van der Waals surface area (Å²) in [7, 11) is -3.73. The molecule has 0 aliphatic heterocycles. The van der Waals surface area contributed by atoms with Gasteiger partial charge in [-0.25, -0.2) is 8.42 Å². The number of nitrogens with zero attached hydrogens (tertiary/aromatic N) is 1. The van der Waals surface area contributed by atoms with Crippen LogP contribution in [-0.4, -0.2) is 45.2 Å². The third-order valence-electron chi connectivity index (χ3n) is 4.22. The Labute approximate surface area is 190 Å². The van der Waals surface area contributed by atoms with Gasteiger partial charge in [-0.05, 0) is 63.6 Å². The standard InChI is InChI=1S/C23H31N3O5S/c1-6-15-31-18-13-11-17(12-14-18)26(32(5,29)30)16-21(27)24-20-10-8-7-9-19(20)22(28)25-23(2,3)4/h7-14H,6,15-16H2,1-5H3,(H,24,27)(H,25,28). The second kappa shape index (κ2) is 10.5. The summed E-state index contributed by atoms with van der Waals surface area (Å²) in [5.74, 6) is -0.291. The summed E-state index contributed by atoms with van der Waals surface area (Å²) >= 11 is 0. The Bertz CT molecular complexity index is 1040. The van der Waals surface area contributed by atoms with E-state index in [2.05, 4.69) is 10.6 Å². The molecule has 0 saturated carbocycles. The van der Waals surface area contributed by atoms with Gasteiger partial charge in [-0.15, -0.1) is 0 Å². The van der Waals surface area contributed by atoms with Gasteiger partial charge in [-0.2, -0.15) is 0 Å². The summed E-state index contributed by atoms with van der Waals surface area (Å²) in [5.41, 5.74) is 0.481. The molecule has 2 rings (SSSR count). The first-order chi connectivity index (χ1) is 14.9. The fraction of sp³-hybridized carbons (Fsp3) is 0.391. The van der Waals surface area contributed by atoms with Gasteiger partial charge < -0.3 is 15.4 Å². The van der Waals surface area contributed by atoms with Gasteiger partial charge in [0.2, 0.25) is 15.9 Å². The Morgan fingerprint density at radius 2 is 1.66 bits per heavy atom. The zero-order valence-corrected chi connectivity index (χ0v) is 20.0. The molecule has 0 heterocycles.